The van der Waals surface area contributed by atoms with E-state index in [1.54, 1.807) is 18.2 Å². The molecule has 0 N–H and O–H groups in total. The number of ketones is 1. The first-order chi connectivity index (χ1) is 15.5. The fraction of sp³-hybridized carbons (Fsp3) is 0.462. The van der Waals surface area contributed by atoms with Crippen molar-refractivity contribution in [1.29, 1.82) is 0 Å². The minimum absolute atomic E-state index is 0.00339. The van der Waals surface area contributed by atoms with Crippen LogP contribution in [0.25, 0.3) is 0 Å². The second kappa shape index (κ2) is 9.95. The second-order valence-corrected chi connectivity index (χ2v) is 9.19. The zero-order valence-electron chi connectivity index (χ0n) is 18.6. The van der Waals surface area contributed by atoms with Crippen LogP contribution in [0.15, 0.2) is 42.5 Å². The van der Waals surface area contributed by atoms with Crippen LogP contribution in [0.4, 0.5) is 0 Å². The fourth-order valence-corrected chi connectivity index (χ4v) is 4.63. The van der Waals surface area contributed by atoms with Crippen molar-refractivity contribution in [2.75, 3.05) is 19.7 Å². The summed E-state index contributed by atoms with van der Waals surface area (Å²) >= 11 is 6.02. The van der Waals surface area contributed by atoms with E-state index in [-0.39, 0.29) is 11.7 Å². The number of benzene rings is 2. The lowest BCUT2D eigenvalue weighted by Crippen LogP contribution is -2.52. The maximum Gasteiger partial charge on any atom is 0.253 e. The molecule has 2 aromatic rings. The van der Waals surface area contributed by atoms with Gasteiger partial charge < -0.3 is 14.4 Å². The summed E-state index contributed by atoms with van der Waals surface area (Å²) in [6, 6.07) is 12.6. The van der Waals surface area contributed by atoms with Gasteiger partial charge in [0.05, 0.1) is 18.6 Å². The van der Waals surface area contributed by atoms with Crippen molar-refractivity contribution in [3.05, 3.63) is 58.6 Å². The molecule has 1 saturated heterocycles. The minimum atomic E-state index is -0.538. The Labute approximate surface area is 194 Å². The SMILES string of the molecule is CCCCCCOc1ccc(C(=O)N2CCC3(CC2)CC(=O)c2cc(Cl)ccc2O3)cc1. The summed E-state index contributed by atoms with van der Waals surface area (Å²) in [5, 5.41) is 0.532. The Morgan fingerprint density at radius 3 is 2.56 bits per heavy atom. The number of carbonyl (C=O) groups excluding carboxylic acids is 2. The number of nitrogens with zero attached hydrogens (tertiary/aromatic N) is 1. The molecule has 2 aliphatic heterocycles. The lowest BCUT2D eigenvalue weighted by Gasteiger charge is -2.44. The zero-order chi connectivity index (χ0) is 22.6. The summed E-state index contributed by atoms with van der Waals surface area (Å²) in [5.41, 5.74) is 0.665. The van der Waals surface area contributed by atoms with E-state index in [0.717, 1.165) is 12.2 Å². The van der Waals surface area contributed by atoms with Crippen molar-refractivity contribution in [2.24, 2.45) is 0 Å². The van der Waals surface area contributed by atoms with E-state index in [2.05, 4.69) is 6.92 Å². The van der Waals surface area contributed by atoms with Gasteiger partial charge in [0.2, 0.25) is 0 Å². The maximum atomic E-state index is 13.0. The van der Waals surface area contributed by atoms with Crippen LogP contribution in [0.3, 0.4) is 0 Å². The van der Waals surface area contributed by atoms with Crippen molar-refractivity contribution in [2.45, 2.75) is 57.5 Å². The predicted molar refractivity (Wildman–Crippen MR) is 125 cm³/mol. The molecular formula is C26H30ClNO4. The number of amides is 1. The Bertz CT molecular complexity index is 964. The van der Waals surface area contributed by atoms with Crippen LogP contribution in [0.5, 0.6) is 11.5 Å². The molecule has 170 valence electrons. The Morgan fingerprint density at radius 2 is 1.84 bits per heavy atom. The van der Waals surface area contributed by atoms with Gasteiger partial charge in [-0.1, -0.05) is 37.8 Å². The Balaban J connectivity index is 1.32. The van der Waals surface area contributed by atoms with Crippen LogP contribution >= 0.6 is 11.6 Å². The lowest BCUT2D eigenvalue weighted by atomic mass is 9.82. The quantitative estimate of drug-likeness (QED) is 0.485. The molecule has 5 nitrogen and oxygen atoms in total. The first-order valence-corrected chi connectivity index (χ1v) is 11.9. The molecule has 1 spiro atoms. The summed E-state index contributed by atoms with van der Waals surface area (Å²) in [6.07, 6.45) is 6.25. The van der Waals surface area contributed by atoms with Crippen LogP contribution in [-0.4, -0.2) is 41.9 Å². The topological polar surface area (TPSA) is 55.8 Å². The third-order valence-corrected chi connectivity index (χ3v) is 6.62. The number of likely N-dealkylation sites (tertiary alicyclic amines) is 1. The van der Waals surface area contributed by atoms with E-state index in [9.17, 15) is 9.59 Å². The van der Waals surface area contributed by atoms with Crippen molar-refractivity contribution >= 4 is 23.3 Å². The fourth-order valence-electron chi connectivity index (χ4n) is 4.46. The first kappa shape index (κ1) is 22.7. The summed E-state index contributed by atoms with van der Waals surface area (Å²) < 4.78 is 12.0. The summed E-state index contributed by atoms with van der Waals surface area (Å²) in [6.45, 7) is 4.01. The number of carbonyl (C=O) groups is 2. The van der Waals surface area contributed by atoms with E-state index in [4.69, 9.17) is 21.1 Å². The Kier molecular flexibility index (Phi) is 7.04. The lowest BCUT2D eigenvalue weighted by molar-refractivity contribution is -0.00570. The van der Waals surface area contributed by atoms with Crippen molar-refractivity contribution in [3.8, 4) is 11.5 Å². The second-order valence-electron chi connectivity index (χ2n) is 8.75. The first-order valence-electron chi connectivity index (χ1n) is 11.5. The number of unbranched alkanes of at least 4 members (excludes halogenated alkanes) is 3. The van der Waals surface area contributed by atoms with Crippen LogP contribution in [-0.2, 0) is 0 Å². The van der Waals surface area contributed by atoms with Crippen molar-refractivity contribution < 1.29 is 19.1 Å². The van der Waals surface area contributed by atoms with Gasteiger partial charge in [0.1, 0.15) is 17.1 Å². The molecular weight excluding hydrogens is 426 g/mol. The smallest absolute Gasteiger partial charge is 0.253 e. The van der Waals surface area contributed by atoms with E-state index in [1.807, 2.05) is 29.2 Å². The van der Waals surface area contributed by atoms with Crippen molar-refractivity contribution in [3.63, 3.8) is 0 Å². The number of halogens is 1. The van der Waals surface area contributed by atoms with Crippen LogP contribution < -0.4 is 9.47 Å². The summed E-state index contributed by atoms with van der Waals surface area (Å²) in [5.74, 6) is 1.45. The number of Topliss-reactive ketones (excluding diaryl/α,β-unsaturated/α-hetero) is 1. The van der Waals surface area contributed by atoms with Gasteiger partial charge in [-0.05, 0) is 48.9 Å². The van der Waals surface area contributed by atoms with Gasteiger partial charge in [0.15, 0.2) is 5.78 Å². The highest BCUT2D eigenvalue weighted by atomic mass is 35.5. The molecule has 0 saturated carbocycles. The Morgan fingerprint density at radius 1 is 1.09 bits per heavy atom. The monoisotopic (exact) mass is 455 g/mol. The molecule has 0 aliphatic carbocycles. The molecule has 0 radical (unpaired) electrons. The van der Waals surface area contributed by atoms with Gasteiger partial charge in [-0.3, -0.25) is 9.59 Å². The molecule has 1 amide bonds. The highest BCUT2D eigenvalue weighted by molar-refractivity contribution is 6.31. The number of hydrogen-bond donors (Lipinski definition) is 0. The van der Waals surface area contributed by atoms with Crippen LogP contribution in [0.1, 0.15) is 72.6 Å². The molecule has 6 heteroatoms. The predicted octanol–water partition coefficient (Wildman–Crippen LogP) is 5.94. The molecule has 0 bridgehead atoms. The number of rotatable bonds is 7. The van der Waals surface area contributed by atoms with Gasteiger partial charge in [-0.25, -0.2) is 0 Å². The highest BCUT2D eigenvalue weighted by Gasteiger charge is 2.43. The summed E-state index contributed by atoms with van der Waals surface area (Å²) in [7, 11) is 0. The largest absolute Gasteiger partial charge is 0.494 e. The molecule has 2 heterocycles. The Hall–Kier alpha value is -2.53. The average Bonchev–Trinajstić information content (AvgIpc) is 2.80. The molecule has 2 aliphatic rings. The summed E-state index contributed by atoms with van der Waals surface area (Å²) in [4.78, 5) is 27.5. The third kappa shape index (κ3) is 5.09. The molecule has 4 rings (SSSR count). The average molecular weight is 456 g/mol. The minimum Gasteiger partial charge on any atom is -0.494 e. The van der Waals surface area contributed by atoms with E-state index in [0.29, 0.717) is 60.9 Å². The third-order valence-electron chi connectivity index (χ3n) is 6.38. The van der Waals surface area contributed by atoms with E-state index < -0.39 is 5.60 Å². The van der Waals surface area contributed by atoms with Crippen molar-refractivity contribution in [1.82, 2.24) is 4.90 Å². The van der Waals surface area contributed by atoms with Gasteiger partial charge in [0, 0.05) is 36.5 Å². The molecule has 0 unspecified atom stereocenters. The highest BCUT2D eigenvalue weighted by Crippen LogP contribution is 2.40. The maximum absolute atomic E-state index is 13.0. The number of hydrogen-bond acceptors (Lipinski definition) is 4. The van der Waals surface area contributed by atoms with Gasteiger partial charge >= 0.3 is 0 Å². The number of ether oxygens (including phenoxy) is 2. The normalized spacial score (nSPS) is 17.1. The van der Waals surface area contributed by atoms with E-state index in [1.165, 1.54) is 19.3 Å². The number of piperidine rings is 1. The van der Waals surface area contributed by atoms with Crippen LogP contribution in [0.2, 0.25) is 5.02 Å². The molecule has 0 atom stereocenters. The molecule has 0 aromatic heterocycles. The molecule has 32 heavy (non-hydrogen) atoms. The zero-order valence-corrected chi connectivity index (χ0v) is 19.3. The van der Waals surface area contributed by atoms with Gasteiger partial charge in [0.25, 0.3) is 5.91 Å². The standard InChI is InChI=1S/C26H30ClNO4/c1-2-3-4-5-16-31-21-9-6-19(7-10-21)25(30)28-14-12-26(13-15-28)18-23(29)22-17-20(27)8-11-24(22)32-26/h6-11,17H,2-5,12-16,18H2,1H3. The van der Waals surface area contributed by atoms with Crippen LogP contribution in [0, 0.1) is 0 Å². The van der Waals surface area contributed by atoms with Gasteiger partial charge in [-0.15, -0.1) is 0 Å². The number of fused-ring (bicyclic) bond motifs is 1. The molecule has 2 aromatic carbocycles. The molecule has 1 fully saturated rings. The van der Waals surface area contributed by atoms with E-state index >= 15 is 0 Å². The van der Waals surface area contributed by atoms with Gasteiger partial charge in [-0.2, -0.15) is 0 Å².